The van der Waals surface area contributed by atoms with E-state index in [0.717, 1.165) is 25.7 Å². The van der Waals surface area contributed by atoms with Crippen molar-refractivity contribution in [2.45, 2.75) is 43.7 Å². The molecule has 0 aromatic carbocycles. The van der Waals surface area contributed by atoms with Crippen molar-refractivity contribution in [1.29, 1.82) is 0 Å². The fourth-order valence-corrected chi connectivity index (χ4v) is 2.34. The number of carbonyl (C=O) groups is 1. The Morgan fingerprint density at radius 1 is 1.56 bits per heavy atom. The maximum Gasteiger partial charge on any atom is 0.273 e. The van der Waals surface area contributed by atoms with Crippen molar-refractivity contribution in [2.24, 2.45) is 0 Å². The van der Waals surface area contributed by atoms with Crippen LogP contribution in [0.2, 0.25) is 0 Å². The molecule has 6 heteroatoms. The van der Waals surface area contributed by atoms with Gasteiger partial charge in [-0.3, -0.25) is 4.79 Å². The fourth-order valence-electron chi connectivity index (χ4n) is 2.09. The van der Waals surface area contributed by atoms with Gasteiger partial charge in [0.25, 0.3) is 5.91 Å². The van der Waals surface area contributed by atoms with Gasteiger partial charge < -0.3 is 14.6 Å². The van der Waals surface area contributed by atoms with Gasteiger partial charge in [0, 0.05) is 24.6 Å². The molecule has 18 heavy (non-hydrogen) atoms. The number of alkyl halides is 1. The van der Waals surface area contributed by atoms with Gasteiger partial charge in [0.1, 0.15) is 6.61 Å². The number of amides is 1. The number of hydrogen-bond donors (Lipinski definition) is 1. The molecule has 0 spiro atoms. The summed E-state index contributed by atoms with van der Waals surface area (Å²) in [5, 5.41) is 6.92. The second kappa shape index (κ2) is 6.20. The second-order valence-electron chi connectivity index (χ2n) is 4.53. The molecule has 1 amide bonds. The third-order valence-corrected chi connectivity index (χ3v) is 3.51. The largest absolute Gasteiger partial charge is 0.377 e. The number of nitrogens with zero attached hydrogens (tertiary/aromatic N) is 1. The maximum absolute atomic E-state index is 11.9. The summed E-state index contributed by atoms with van der Waals surface area (Å²) in [6.45, 7) is 0.317. The minimum absolute atomic E-state index is 0.190. The molecular weight excluding hydrogens is 256 g/mol. The van der Waals surface area contributed by atoms with Crippen LogP contribution in [-0.2, 0) is 11.3 Å². The first-order chi connectivity index (χ1) is 8.69. The predicted octanol–water partition coefficient (Wildman–Crippen LogP) is 2.10. The van der Waals surface area contributed by atoms with E-state index in [1.54, 1.807) is 13.2 Å². The Balaban J connectivity index is 1.86. The molecule has 1 heterocycles. The summed E-state index contributed by atoms with van der Waals surface area (Å²) in [5.41, 5.74) is 0.301. The molecule has 1 N–H and O–H groups in total. The summed E-state index contributed by atoms with van der Waals surface area (Å²) in [7, 11) is 1.56. The smallest absolute Gasteiger partial charge is 0.273 e. The Bertz CT molecular complexity index is 400. The molecule has 1 aliphatic carbocycles. The fraction of sp³-hybridized carbons (Fsp3) is 0.667. The van der Waals surface area contributed by atoms with E-state index in [1.165, 1.54) is 0 Å². The van der Waals surface area contributed by atoms with Gasteiger partial charge in [-0.25, -0.2) is 0 Å². The topological polar surface area (TPSA) is 64.4 Å². The molecule has 0 unspecified atom stereocenters. The van der Waals surface area contributed by atoms with Crippen molar-refractivity contribution in [1.82, 2.24) is 10.5 Å². The lowest BCUT2D eigenvalue weighted by Gasteiger charge is -2.25. The normalized spacial score (nSPS) is 23.9. The maximum atomic E-state index is 11.9. The highest BCUT2D eigenvalue weighted by molar-refractivity contribution is 6.20. The summed E-state index contributed by atoms with van der Waals surface area (Å²) in [5.74, 6) is 0.353. The highest BCUT2D eigenvalue weighted by atomic mass is 35.5. The van der Waals surface area contributed by atoms with Crippen LogP contribution in [0.25, 0.3) is 0 Å². The monoisotopic (exact) mass is 272 g/mol. The van der Waals surface area contributed by atoms with Gasteiger partial charge >= 0.3 is 0 Å². The molecular formula is C12H17ClN2O3. The molecule has 0 atom stereocenters. The first-order valence-electron chi connectivity index (χ1n) is 6.08. The van der Waals surface area contributed by atoms with E-state index in [-0.39, 0.29) is 17.3 Å². The molecule has 100 valence electrons. The van der Waals surface area contributed by atoms with Gasteiger partial charge in [-0.2, -0.15) is 0 Å². The number of carbonyl (C=O) groups excluding carboxylic acids is 1. The highest BCUT2D eigenvalue weighted by Gasteiger charge is 2.22. The van der Waals surface area contributed by atoms with Crippen molar-refractivity contribution in [3.8, 4) is 0 Å². The summed E-state index contributed by atoms with van der Waals surface area (Å²) in [6.07, 6.45) is 3.73. The lowest BCUT2D eigenvalue weighted by molar-refractivity contribution is 0.0918. The molecule has 0 radical (unpaired) electrons. The summed E-state index contributed by atoms with van der Waals surface area (Å²) >= 11 is 6.02. The van der Waals surface area contributed by atoms with Crippen LogP contribution >= 0.6 is 11.6 Å². The first-order valence-corrected chi connectivity index (χ1v) is 6.52. The molecule has 1 aliphatic rings. The van der Waals surface area contributed by atoms with Gasteiger partial charge in [0.05, 0.1) is 0 Å². The average Bonchev–Trinajstić information content (AvgIpc) is 2.81. The lowest BCUT2D eigenvalue weighted by atomic mass is 9.95. The zero-order chi connectivity index (χ0) is 13.0. The molecule has 1 aromatic heterocycles. The van der Waals surface area contributed by atoms with Crippen LogP contribution in [0.5, 0.6) is 0 Å². The van der Waals surface area contributed by atoms with Crippen molar-refractivity contribution < 1.29 is 14.1 Å². The van der Waals surface area contributed by atoms with E-state index in [1.807, 2.05) is 0 Å². The van der Waals surface area contributed by atoms with Crippen LogP contribution in [0.3, 0.4) is 0 Å². The van der Waals surface area contributed by atoms with Crippen LogP contribution in [0, 0.1) is 0 Å². The van der Waals surface area contributed by atoms with Gasteiger partial charge in [0.2, 0.25) is 0 Å². The third kappa shape index (κ3) is 3.46. The minimum atomic E-state index is -0.195. The van der Waals surface area contributed by atoms with Crippen LogP contribution in [-0.4, -0.2) is 29.6 Å². The number of hydrogen-bond acceptors (Lipinski definition) is 4. The van der Waals surface area contributed by atoms with Crippen molar-refractivity contribution in [3.63, 3.8) is 0 Å². The zero-order valence-electron chi connectivity index (χ0n) is 10.3. The SMILES string of the molecule is COCc1cc(C(=O)NC2CCC(Cl)CC2)no1. The number of halogens is 1. The Morgan fingerprint density at radius 2 is 2.28 bits per heavy atom. The van der Waals surface area contributed by atoms with E-state index in [9.17, 15) is 4.79 Å². The summed E-state index contributed by atoms with van der Waals surface area (Å²) in [6, 6.07) is 1.79. The quantitative estimate of drug-likeness (QED) is 0.853. The van der Waals surface area contributed by atoms with Crippen LogP contribution in [0.1, 0.15) is 41.9 Å². The minimum Gasteiger partial charge on any atom is -0.377 e. The number of aromatic nitrogens is 1. The van der Waals surface area contributed by atoms with Crippen LogP contribution in [0.4, 0.5) is 0 Å². The Hall–Kier alpha value is -1.07. The molecule has 1 fully saturated rings. The van der Waals surface area contributed by atoms with Gasteiger partial charge in [-0.05, 0) is 25.7 Å². The van der Waals surface area contributed by atoms with E-state index in [4.69, 9.17) is 20.9 Å². The van der Waals surface area contributed by atoms with E-state index in [0.29, 0.717) is 18.1 Å². The number of methoxy groups -OCH3 is 1. The molecule has 1 saturated carbocycles. The van der Waals surface area contributed by atoms with Gasteiger partial charge in [0.15, 0.2) is 11.5 Å². The number of rotatable bonds is 4. The highest BCUT2D eigenvalue weighted by Crippen LogP contribution is 2.23. The average molecular weight is 273 g/mol. The molecule has 0 aliphatic heterocycles. The Kier molecular flexibility index (Phi) is 4.60. The number of ether oxygens (including phenoxy) is 1. The molecule has 1 aromatic rings. The van der Waals surface area contributed by atoms with E-state index >= 15 is 0 Å². The van der Waals surface area contributed by atoms with Crippen molar-refractivity contribution in [3.05, 3.63) is 17.5 Å². The lowest BCUT2D eigenvalue weighted by Crippen LogP contribution is -2.37. The summed E-state index contributed by atoms with van der Waals surface area (Å²) < 4.78 is 9.88. The molecule has 0 bridgehead atoms. The molecule has 2 rings (SSSR count). The second-order valence-corrected chi connectivity index (χ2v) is 5.15. The molecule has 0 saturated heterocycles. The van der Waals surface area contributed by atoms with E-state index in [2.05, 4.69) is 10.5 Å². The Labute approximate surface area is 111 Å². The molecule has 5 nitrogen and oxygen atoms in total. The van der Waals surface area contributed by atoms with Gasteiger partial charge in [-0.15, -0.1) is 11.6 Å². The zero-order valence-corrected chi connectivity index (χ0v) is 11.1. The van der Waals surface area contributed by atoms with E-state index < -0.39 is 0 Å². The summed E-state index contributed by atoms with van der Waals surface area (Å²) in [4.78, 5) is 11.9. The van der Waals surface area contributed by atoms with Crippen LogP contribution < -0.4 is 5.32 Å². The third-order valence-electron chi connectivity index (χ3n) is 3.07. The van der Waals surface area contributed by atoms with Crippen LogP contribution in [0.15, 0.2) is 10.6 Å². The Morgan fingerprint density at radius 3 is 2.94 bits per heavy atom. The number of nitrogens with one attached hydrogen (secondary N) is 1. The van der Waals surface area contributed by atoms with Crippen molar-refractivity contribution in [2.75, 3.05) is 7.11 Å². The predicted molar refractivity (Wildman–Crippen MR) is 66.6 cm³/mol. The van der Waals surface area contributed by atoms with Gasteiger partial charge in [-0.1, -0.05) is 5.16 Å². The van der Waals surface area contributed by atoms with Crippen molar-refractivity contribution >= 4 is 17.5 Å². The standard InChI is InChI=1S/C12H17ClN2O3/c1-17-7-10-6-11(15-18-10)12(16)14-9-4-2-8(13)3-5-9/h6,8-9H,2-5,7H2,1H3,(H,14,16). The first kappa shape index (κ1) is 13.4.